The van der Waals surface area contributed by atoms with E-state index in [1.165, 1.54) is 29.2 Å². The van der Waals surface area contributed by atoms with Crippen LogP contribution in [0.2, 0.25) is 0 Å². The number of rotatable bonds is 6. The van der Waals surface area contributed by atoms with Crippen molar-refractivity contribution in [2.24, 2.45) is 5.41 Å². The third kappa shape index (κ3) is 5.23. The molecule has 1 aromatic heterocycles. The first-order chi connectivity index (χ1) is 11.9. The van der Waals surface area contributed by atoms with Crippen molar-refractivity contribution in [2.45, 2.75) is 26.4 Å². The smallest absolute Gasteiger partial charge is 0.280 e. The number of hydrogen-bond donors (Lipinski definition) is 1. The summed E-state index contributed by atoms with van der Waals surface area (Å²) in [6.07, 6.45) is -1.66. The van der Waals surface area contributed by atoms with Gasteiger partial charge in [-0.15, -0.1) is 0 Å². The molecule has 1 heterocycles. The molecule has 0 unspecified atom stereocenters. The van der Waals surface area contributed by atoms with E-state index < -0.39 is 27.2 Å². The first kappa shape index (κ1) is 19.8. The highest BCUT2D eigenvalue weighted by Gasteiger charge is 2.30. The minimum Gasteiger partial charge on any atom is -0.280 e. The summed E-state index contributed by atoms with van der Waals surface area (Å²) < 4.78 is 65.5. The van der Waals surface area contributed by atoms with Gasteiger partial charge in [0.1, 0.15) is 0 Å². The van der Waals surface area contributed by atoms with Crippen LogP contribution in [-0.2, 0) is 16.2 Å². The number of benzene rings is 1. The zero-order chi connectivity index (χ0) is 19.6. The van der Waals surface area contributed by atoms with Gasteiger partial charge >= 0.3 is 6.18 Å². The molecule has 2 rings (SSSR count). The molecule has 0 saturated carbocycles. The summed E-state index contributed by atoms with van der Waals surface area (Å²) in [5.41, 5.74) is -1.01. The van der Waals surface area contributed by atoms with Crippen LogP contribution in [0.4, 0.5) is 18.9 Å². The molecule has 0 aliphatic rings. The van der Waals surface area contributed by atoms with Crippen LogP contribution < -0.4 is 4.72 Å². The maximum Gasteiger partial charge on any atom is 0.416 e. The summed E-state index contributed by atoms with van der Waals surface area (Å²) in [6.45, 7) is 3.29. The summed E-state index contributed by atoms with van der Waals surface area (Å²) >= 11 is 0. The minimum atomic E-state index is -4.43. The number of nitrogens with zero attached hydrogens (tertiary/aromatic N) is 3. The van der Waals surface area contributed by atoms with E-state index in [0.717, 1.165) is 12.1 Å². The number of nitrogens with one attached hydrogen (secondary N) is 1. The molecular formula is C16H17F3N4O2S. The average Bonchev–Trinajstić information content (AvgIpc) is 3.00. The molecule has 1 N–H and O–H groups in total. The lowest BCUT2D eigenvalue weighted by atomic mass is 9.93. The quantitative estimate of drug-likeness (QED) is 0.822. The second-order valence-electron chi connectivity index (χ2n) is 6.38. The van der Waals surface area contributed by atoms with Crippen molar-refractivity contribution < 1.29 is 21.6 Å². The molecule has 0 aliphatic heterocycles. The minimum absolute atomic E-state index is 0.159. The Balaban J connectivity index is 2.09. The third-order valence-corrected chi connectivity index (χ3v) is 4.90. The molecule has 0 spiro atoms. The third-order valence-electron chi connectivity index (χ3n) is 3.61. The van der Waals surface area contributed by atoms with Crippen LogP contribution in [0, 0.1) is 16.7 Å². The van der Waals surface area contributed by atoms with E-state index in [9.17, 15) is 21.6 Å². The molecule has 0 fully saturated rings. The summed E-state index contributed by atoms with van der Waals surface area (Å²) in [4.78, 5) is 0. The fraction of sp³-hybridized carbons (Fsp3) is 0.375. The highest BCUT2D eigenvalue weighted by Crippen LogP contribution is 2.29. The molecule has 0 radical (unpaired) electrons. The van der Waals surface area contributed by atoms with Gasteiger partial charge < -0.3 is 0 Å². The van der Waals surface area contributed by atoms with Gasteiger partial charge in [-0.1, -0.05) is 0 Å². The van der Waals surface area contributed by atoms with Gasteiger partial charge in [0, 0.05) is 0 Å². The summed E-state index contributed by atoms with van der Waals surface area (Å²) in [5.74, 6) is -0.237. The van der Waals surface area contributed by atoms with Crippen LogP contribution in [0.5, 0.6) is 0 Å². The zero-order valence-corrected chi connectivity index (χ0v) is 14.9. The molecule has 10 heteroatoms. The van der Waals surface area contributed by atoms with Crippen molar-refractivity contribution in [1.82, 2.24) is 9.78 Å². The SMILES string of the molecule is CC(C)(C#N)CCS(=O)(=O)Nc1cnn(-c2ccc(C(F)(F)F)cc2)c1. The van der Waals surface area contributed by atoms with E-state index in [2.05, 4.69) is 9.82 Å². The molecule has 0 bridgehead atoms. The molecule has 2 aromatic rings. The Labute approximate surface area is 149 Å². The van der Waals surface area contributed by atoms with Crippen LogP contribution in [0.3, 0.4) is 0 Å². The van der Waals surface area contributed by atoms with Gasteiger partial charge in [0.2, 0.25) is 10.0 Å². The van der Waals surface area contributed by atoms with E-state index in [0.29, 0.717) is 5.69 Å². The van der Waals surface area contributed by atoms with Crippen LogP contribution in [0.25, 0.3) is 5.69 Å². The lowest BCUT2D eigenvalue weighted by Crippen LogP contribution is -2.21. The largest absolute Gasteiger partial charge is 0.416 e. The first-order valence-electron chi connectivity index (χ1n) is 7.56. The summed E-state index contributed by atoms with van der Waals surface area (Å²) in [7, 11) is -3.68. The standard InChI is InChI=1S/C16H17F3N4O2S/c1-15(2,11-20)7-8-26(24,25)22-13-9-21-23(10-13)14-5-3-12(4-6-14)16(17,18)19/h3-6,9-10,22H,7-8H2,1-2H3. The zero-order valence-electron chi connectivity index (χ0n) is 14.1. The Hall–Kier alpha value is -2.54. The summed E-state index contributed by atoms with van der Waals surface area (Å²) in [6, 6.07) is 6.35. The monoisotopic (exact) mass is 386 g/mol. The lowest BCUT2D eigenvalue weighted by Gasteiger charge is -2.14. The van der Waals surface area contributed by atoms with Gasteiger partial charge in [-0.2, -0.15) is 23.5 Å². The fourth-order valence-corrected chi connectivity index (χ4v) is 3.34. The number of aromatic nitrogens is 2. The molecule has 6 nitrogen and oxygen atoms in total. The normalized spacial score (nSPS) is 12.6. The van der Waals surface area contributed by atoms with Gasteiger partial charge in [-0.3, -0.25) is 4.72 Å². The second-order valence-corrected chi connectivity index (χ2v) is 8.23. The van der Waals surface area contributed by atoms with E-state index in [-0.39, 0.29) is 17.9 Å². The van der Waals surface area contributed by atoms with Crippen LogP contribution in [0.1, 0.15) is 25.8 Å². The Kier molecular flexibility index (Phi) is 5.32. The van der Waals surface area contributed by atoms with Gasteiger partial charge in [0.25, 0.3) is 0 Å². The number of nitriles is 1. The van der Waals surface area contributed by atoms with Gasteiger partial charge in [-0.25, -0.2) is 13.1 Å². The number of alkyl halides is 3. The van der Waals surface area contributed by atoms with Gasteiger partial charge in [0.15, 0.2) is 0 Å². The van der Waals surface area contributed by atoms with Crippen LogP contribution in [-0.4, -0.2) is 24.0 Å². The van der Waals surface area contributed by atoms with Crippen molar-refractivity contribution in [1.29, 1.82) is 5.26 Å². The number of sulfonamides is 1. The lowest BCUT2D eigenvalue weighted by molar-refractivity contribution is -0.137. The topological polar surface area (TPSA) is 87.8 Å². The average molecular weight is 386 g/mol. The highest BCUT2D eigenvalue weighted by molar-refractivity contribution is 7.92. The predicted molar refractivity (Wildman–Crippen MR) is 90.0 cm³/mol. The molecule has 0 saturated heterocycles. The fourth-order valence-electron chi connectivity index (χ4n) is 2.00. The molecule has 1 aromatic carbocycles. The number of halogens is 3. The van der Waals surface area contributed by atoms with Crippen molar-refractivity contribution in [3.05, 3.63) is 42.2 Å². The molecule has 140 valence electrons. The van der Waals surface area contributed by atoms with E-state index in [1.807, 2.05) is 6.07 Å². The summed E-state index contributed by atoms with van der Waals surface area (Å²) in [5, 5.41) is 12.9. The van der Waals surface area contributed by atoms with Gasteiger partial charge in [0.05, 0.1) is 46.6 Å². The van der Waals surface area contributed by atoms with E-state index in [4.69, 9.17) is 5.26 Å². The van der Waals surface area contributed by atoms with E-state index in [1.54, 1.807) is 13.8 Å². The van der Waals surface area contributed by atoms with E-state index >= 15 is 0 Å². The Morgan fingerprint density at radius 1 is 1.23 bits per heavy atom. The van der Waals surface area contributed by atoms with Crippen LogP contribution >= 0.6 is 0 Å². The van der Waals surface area contributed by atoms with Crippen LogP contribution in [0.15, 0.2) is 36.7 Å². The Morgan fingerprint density at radius 3 is 2.38 bits per heavy atom. The Bertz CT molecular complexity index is 910. The molecule has 26 heavy (non-hydrogen) atoms. The van der Waals surface area contributed by atoms with Gasteiger partial charge in [-0.05, 0) is 44.5 Å². The molecule has 0 amide bonds. The second kappa shape index (κ2) is 6.99. The van der Waals surface area contributed by atoms with Crippen molar-refractivity contribution >= 4 is 15.7 Å². The van der Waals surface area contributed by atoms with Crippen molar-refractivity contribution in [2.75, 3.05) is 10.5 Å². The predicted octanol–water partition coefficient (Wildman–Crippen LogP) is 3.57. The molecule has 0 atom stereocenters. The van der Waals surface area contributed by atoms with Crippen molar-refractivity contribution in [3.8, 4) is 11.8 Å². The number of anilines is 1. The Morgan fingerprint density at radius 2 is 1.85 bits per heavy atom. The number of hydrogen-bond acceptors (Lipinski definition) is 4. The molecular weight excluding hydrogens is 369 g/mol. The highest BCUT2D eigenvalue weighted by atomic mass is 32.2. The van der Waals surface area contributed by atoms with Crippen molar-refractivity contribution in [3.63, 3.8) is 0 Å². The maximum atomic E-state index is 12.6. The molecule has 0 aliphatic carbocycles. The first-order valence-corrected chi connectivity index (χ1v) is 9.21. The maximum absolute atomic E-state index is 12.6.